The number of anilines is 1. The Labute approximate surface area is 156 Å². The molecular formula is C19H17NO3S2. The number of ether oxygens (including phenoxy) is 2. The van der Waals surface area contributed by atoms with Gasteiger partial charge in [-0.15, -0.1) is 0 Å². The Morgan fingerprint density at radius 1 is 1.16 bits per heavy atom. The number of thioether (sulfide) groups is 1. The van der Waals surface area contributed by atoms with Gasteiger partial charge in [0.2, 0.25) is 0 Å². The zero-order valence-corrected chi connectivity index (χ0v) is 15.5. The lowest BCUT2D eigenvalue weighted by Crippen LogP contribution is -2.27. The van der Waals surface area contributed by atoms with E-state index >= 15 is 0 Å². The summed E-state index contributed by atoms with van der Waals surface area (Å²) in [5, 5.41) is 0. The molecule has 0 unspecified atom stereocenters. The molecule has 3 rings (SSSR count). The van der Waals surface area contributed by atoms with Crippen LogP contribution in [0.3, 0.4) is 0 Å². The van der Waals surface area contributed by atoms with E-state index in [0.29, 0.717) is 27.3 Å². The zero-order chi connectivity index (χ0) is 17.8. The number of hydrogen-bond donors (Lipinski definition) is 0. The van der Waals surface area contributed by atoms with E-state index in [-0.39, 0.29) is 5.91 Å². The third-order valence-corrected chi connectivity index (χ3v) is 4.90. The third kappa shape index (κ3) is 3.70. The largest absolute Gasteiger partial charge is 0.493 e. The van der Waals surface area contributed by atoms with E-state index in [1.54, 1.807) is 12.0 Å². The summed E-state index contributed by atoms with van der Waals surface area (Å²) in [5.41, 5.74) is 1.64. The number of amides is 1. The van der Waals surface area contributed by atoms with E-state index in [4.69, 9.17) is 21.7 Å². The molecular weight excluding hydrogens is 354 g/mol. The normalized spacial score (nSPS) is 15.8. The van der Waals surface area contributed by atoms with Crippen LogP contribution in [0.15, 0.2) is 53.4 Å². The summed E-state index contributed by atoms with van der Waals surface area (Å²) in [4.78, 5) is 14.9. The first-order valence-electron chi connectivity index (χ1n) is 7.78. The highest BCUT2D eigenvalue weighted by Gasteiger charge is 2.33. The predicted octanol–water partition coefficient (Wildman–Crippen LogP) is 4.50. The molecule has 0 spiro atoms. The van der Waals surface area contributed by atoms with Gasteiger partial charge in [0.05, 0.1) is 24.3 Å². The molecule has 1 fully saturated rings. The van der Waals surface area contributed by atoms with Gasteiger partial charge in [0.15, 0.2) is 15.8 Å². The fourth-order valence-corrected chi connectivity index (χ4v) is 3.77. The molecule has 2 aromatic rings. The summed E-state index contributed by atoms with van der Waals surface area (Å²) in [6, 6.07) is 15.0. The quantitative estimate of drug-likeness (QED) is 0.572. The highest BCUT2D eigenvalue weighted by molar-refractivity contribution is 8.27. The van der Waals surface area contributed by atoms with Crippen LogP contribution in [0, 0.1) is 0 Å². The lowest BCUT2D eigenvalue weighted by atomic mass is 10.2. The van der Waals surface area contributed by atoms with E-state index in [1.807, 2.05) is 61.5 Å². The molecule has 1 aliphatic heterocycles. The lowest BCUT2D eigenvalue weighted by molar-refractivity contribution is -0.113. The van der Waals surface area contributed by atoms with Crippen molar-refractivity contribution in [1.82, 2.24) is 0 Å². The molecule has 0 aliphatic carbocycles. The molecule has 0 bridgehead atoms. The average molecular weight is 371 g/mol. The molecule has 0 saturated carbocycles. The molecule has 0 aromatic heterocycles. The summed E-state index contributed by atoms with van der Waals surface area (Å²) >= 11 is 6.68. The fraction of sp³-hybridized carbons (Fsp3) is 0.158. The maximum absolute atomic E-state index is 12.7. The standard InChI is InChI=1S/C19H17NO3S2/c1-3-23-16-11-13(9-10-15(16)22-2)12-17-18(21)20(19(24)25-17)14-7-5-4-6-8-14/h4-12H,3H2,1-2H3/b17-12-. The molecule has 1 amide bonds. The average Bonchev–Trinajstić information content (AvgIpc) is 2.90. The van der Waals surface area contributed by atoms with Crippen molar-refractivity contribution in [2.75, 3.05) is 18.6 Å². The highest BCUT2D eigenvalue weighted by Crippen LogP contribution is 2.37. The van der Waals surface area contributed by atoms with Crippen molar-refractivity contribution in [3.63, 3.8) is 0 Å². The van der Waals surface area contributed by atoms with Crippen molar-refractivity contribution in [3.8, 4) is 11.5 Å². The molecule has 1 heterocycles. The van der Waals surface area contributed by atoms with Gasteiger partial charge in [-0.1, -0.05) is 48.2 Å². The summed E-state index contributed by atoms with van der Waals surface area (Å²) in [5.74, 6) is 1.20. The molecule has 2 aromatic carbocycles. The van der Waals surface area contributed by atoms with Crippen molar-refractivity contribution < 1.29 is 14.3 Å². The Kier molecular flexibility index (Phi) is 5.40. The van der Waals surface area contributed by atoms with Gasteiger partial charge in [-0.2, -0.15) is 0 Å². The number of thiocarbonyl (C=S) groups is 1. The molecule has 4 nitrogen and oxygen atoms in total. The second kappa shape index (κ2) is 7.72. The van der Waals surface area contributed by atoms with Gasteiger partial charge in [-0.05, 0) is 42.8 Å². The number of carbonyl (C=O) groups is 1. The molecule has 0 N–H and O–H groups in total. The molecule has 1 aliphatic rings. The maximum Gasteiger partial charge on any atom is 0.270 e. The summed E-state index contributed by atoms with van der Waals surface area (Å²) in [6.07, 6.45) is 1.82. The minimum absolute atomic E-state index is 0.116. The maximum atomic E-state index is 12.7. The van der Waals surface area contributed by atoms with Crippen LogP contribution in [-0.4, -0.2) is 23.9 Å². The van der Waals surface area contributed by atoms with Crippen LogP contribution >= 0.6 is 24.0 Å². The second-order valence-electron chi connectivity index (χ2n) is 5.20. The van der Waals surface area contributed by atoms with Gasteiger partial charge in [0.1, 0.15) is 0 Å². The van der Waals surface area contributed by atoms with Gasteiger partial charge in [0.25, 0.3) is 5.91 Å². The third-order valence-electron chi connectivity index (χ3n) is 3.59. The number of methoxy groups -OCH3 is 1. The first kappa shape index (κ1) is 17.5. The zero-order valence-electron chi connectivity index (χ0n) is 13.9. The van der Waals surface area contributed by atoms with Crippen LogP contribution < -0.4 is 14.4 Å². The van der Waals surface area contributed by atoms with Gasteiger partial charge in [0, 0.05) is 0 Å². The second-order valence-corrected chi connectivity index (χ2v) is 6.87. The van der Waals surface area contributed by atoms with Gasteiger partial charge in [-0.3, -0.25) is 9.69 Å². The molecule has 0 radical (unpaired) electrons. The van der Waals surface area contributed by atoms with Crippen LogP contribution in [0.4, 0.5) is 5.69 Å². The number of carbonyl (C=O) groups excluding carboxylic acids is 1. The summed E-state index contributed by atoms with van der Waals surface area (Å²) in [7, 11) is 1.60. The lowest BCUT2D eigenvalue weighted by Gasteiger charge is -2.13. The van der Waals surface area contributed by atoms with E-state index in [9.17, 15) is 4.79 Å². The van der Waals surface area contributed by atoms with Gasteiger partial charge >= 0.3 is 0 Å². The highest BCUT2D eigenvalue weighted by atomic mass is 32.2. The Morgan fingerprint density at radius 2 is 1.92 bits per heavy atom. The summed E-state index contributed by atoms with van der Waals surface area (Å²) in [6.45, 7) is 2.45. The Morgan fingerprint density at radius 3 is 2.60 bits per heavy atom. The van der Waals surface area contributed by atoms with E-state index in [2.05, 4.69) is 0 Å². The molecule has 25 heavy (non-hydrogen) atoms. The van der Waals surface area contributed by atoms with Crippen LogP contribution in [0.5, 0.6) is 11.5 Å². The monoisotopic (exact) mass is 371 g/mol. The van der Waals surface area contributed by atoms with Gasteiger partial charge in [-0.25, -0.2) is 0 Å². The number of hydrogen-bond acceptors (Lipinski definition) is 5. The van der Waals surface area contributed by atoms with Crippen LogP contribution in [-0.2, 0) is 4.79 Å². The van der Waals surface area contributed by atoms with Gasteiger partial charge < -0.3 is 9.47 Å². The SMILES string of the molecule is CCOc1cc(/C=C2\SC(=S)N(c3ccccc3)C2=O)ccc1OC. The number of benzene rings is 2. The fourth-order valence-electron chi connectivity index (χ4n) is 2.47. The smallest absolute Gasteiger partial charge is 0.270 e. The molecule has 0 atom stereocenters. The van der Waals surface area contributed by atoms with E-state index < -0.39 is 0 Å². The Bertz CT molecular complexity index is 834. The van der Waals surface area contributed by atoms with Crippen LogP contribution in [0.25, 0.3) is 6.08 Å². The Hall–Kier alpha value is -2.31. The minimum Gasteiger partial charge on any atom is -0.493 e. The van der Waals surface area contributed by atoms with Crippen molar-refractivity contribution >= 4 is 46.0 Å². The van der Waals surface area contributed by atoms with Crippen molar-refractivity contribution in [3.05, 3.63) is 59.0 Å². The topological polar surface area (TPSA) is 38.8 Å². The number of nitrogens with zero attached hydrogens (tertiary/aromatic N) is 1. The van der Waals surface area contributed by atoms with E-state index in [1.165, 1.54) is 11.8 Å². The van der Waals surface area contributed by atoms with Crippen molar-refractivity contribution in [1.29, 1.82) is 0 Å². The minimum atomic E-state index is -0.116. The van der Waals surface area contributed by atoms with Crippen molar-refractivity contribution in [2.24, 2.45) is 0 Å². The molecule has 128 valence electrons. The predicted molar refractivity (Wildman–Crippen MR) is 106 cm³/mol. The first-order valence-corrected chi connectivity index (χ1v) is 9.00. The summed E-state index contributed by atoms with van der Waals surface area (Å²) < 4.78 is 11.4. The molecule has 1 saturated heterocycles. The number of rotatable bonds is 5. The molecule has 6 heteroatoms. The van der Waals surface area contributed by atoms with E-state index in [0.717, 1.165) is 11.3 Å². The first-order chi connectivity index (χ1) is 12.1. The Balaban J connectivity index is 1.91. The van der Waals surface area contributed by atoms with Crippen LogP contribution in [0.1, 0.15) is 12.5 Å². The number of para-hydroxylation sites is 1. The van der Waals surface area contributed by atoms with Crippen LogP contribution in [0.2, 0.25) is 0 Å². The van der Waals surface area contributed by atoms with Crippen molar-refractivity contribution in [2.45, 2.75) is 6.92 Å².